The molecule has 1 aliphatic heterocycles. The van der Waals surface area contributed by atoms with Crippen LogP contribution in [0.2, 0.25) is 0 Å². The van der Waals surface area contributed by atoms with Crippen molar-refractivity contribution < 1.29 is 5.48 Å². The number of piperidine rings is 1. The number of pyridine rings is 1. The third-order valence-corrected chi connectivity index (χ3v) is 5.34. The van der Waals surface area contributed by atoms with Crippen molar-refractivity contribution in [3.8, 4) is 0 Å². The lowest BCUT2D eigenvalue weighted by Gasteiger charge is -2.29. The van der Waals surface area contributed by atoms with E-state index in [0.29, 0.717) is 6.04 Å². The molecule has 3 heterocycles. The molecule has 0 bridgehead atoms. The Balaban J connectivity index is 0.00000176. The van der Waals surface area contributed by atoms with Crippen LogP contribution in [0.4, 0.5) is 0 Å². The fraction of sp³-hybridized carbons (Fsp3) is 0.625. The molecule has 24 heavy (non-hydrogen) atoms. The summed E-state index contributed by atoms with van der Waals surface area (Å²) in [7, 11) is 2.09. The van der Waals surface area contributed by atoms with Gasteiger partial charge in [-0.2, -0.15) is 0 Å². The highest BCUT2D eigenvalue weighted by Crippen LogP contribution is 2.16. The topological polar surface area (TPSA) is 64.9 Å². The molecule has 0 atom stereocenters. The summed E-state index contributed by atoms with van der Waals surface area (Å²) in [6.45, 7) is 5.91. The largest absolute Gasteiger partial charge is 0.412 e. The van der Waals surface area contributed by atoms with E-state index in [-0.39, 0.29) is 30.3 Å². The Morgan fingerprint density at radius 1 is 1.29 bits per heavy atom. The van der Waals surface area contributed by atoms with Gasteiger partial charge in [0.05, 0.1) is 11.6 Å². The van der Waals surface area contributed by atoms with Crippen LogP contribution in [0, 0.1) is 0 Å². The predicted octanol–water partition coefficient (Wildman–Crippen LogP) is 2.82. The Labute approximate surface area is 159 Å². The summed E-state index contributed by atoms with van der Waals surface area (Å²) >= 11 is 1.70. The Morgan fingerprint density at radius 3 is 2.62 bits per heavy atom. The van der Waals surface area contributed by atoms with Crippen molar-refractivity contribution in [2.75, 3.05) is 19.6 Å². The molecule has 0 saturated carbocycles. The average Bonchev–Trinajstić information content (AvgIpc) is 2.83. The van der Waals surface area contributed by atoms with Crippen LogP contribution in [0.3, 0.4) is 0 Å². The summed E-state index contributed by atoms with van der Waals surface area (Å²) in [5, 5.41) is 0. The number of nitrogens with zero attached hydrogens (tertiary/aromatic N) is 4. The monoisotopic (exact) mass is 394 g/mol. The van der Waals surface area contributed by atoms with Crippen LogP contribution in [0.25, 0.3) is 10.3 Å². The summed E-state index contributed by atoms with van der Waals surface area (Å²) in [6, 6.07) is 4.58. The van der Waals surface area contributed by atoms with Crippen molar-refractivity contribution in [2.45, 2.75) is 38.6 Å². The van der Waals surface area contributed by atoms with Gasteiger partial charge in [0, 0.05) is 26.3 Å². The van der Waals surface area contributed by atoms with Crippen LogP contribution in [0.5, 0.6) is 0 Å². The maximum absolute atomic E-state index is 4.98. The maximum atomic E-state index is 4.98. The molecule has 3 rings (SSSR count). The maximum Gasteiger partial charge on any atom is 0.187 e. The number of thiazole rings is 1. The summed E-state index contributed by atoms with van der Waals surface area (Å²) in [5.74, 6) is 0. The lowest BCUT2D eigenvalue weighted by atomic mass is 10.1. The summed E-state index contributed by atoms with van der Waals surface area (Å²) in [4.78, 5) is 14.2. The molecule has 8 heteroatoms. The molecule has 138 valence electrons. The second-order valence-corrected chi connectivity index (χ2v) is 6.78. The highest BCUT2D eigenvalue weighted by Gasteiger charge is 2.18. The summed E-state index contributed by atoms with van der Waals surface area (Å²) in [6.07, 6.45) is 6.83. The van der Waals surface area contributed by atoms with Gasteiger partial charge in [0.2, 0.25) is 0 Å². The number of fused-ring (bicyclic) bond motifs is 1. The molecule has 0 radical (unpaired) electrons. The van der Waals surface area contributed by atoms with E-state index in [1.807, 2.05) is 12.3 Å². The van der Waals surface area contributed by atoms with Gasteiger partial charge in [-0.05, 0) is 37.9 Å². The minimum atomic E-state index is 0. The van der Waals surface area contributed by atoms with Crippen molar-refractivity contribution in [1.29, 1.82) is 0 Å². The molecule has 0 amide bonds. The SMILES string of the molecule is CCCCN1CCC(N=c2sc3ncccc3n2C)CC1.Cl.Cl.O. The molecule has 1 saturated heterocycles. The van der Waals surface area contributed by atoms with Crippen LogP contribution in [0.15, 0.2) is 23.3 Å². The minimum absolute atomic E-state index is 0. The van der Waals surface area contributed by atoms with Crippen LogP contribution in [-0.4, -0.2) is 45.6 Å². The van der Waals surface area contributed by atoms with E-state index in [4.69, 9.17) is 4.99 Å². The van der Waals surface area contributed by atoms with E-state index >= 15 is 0 Å². The first kappa shape index (κ1) is 23.3. The van der Waals surface area contributed by atoms with Crippen molar-refractivity contribution in [2.24, 2.45) is 12.0 Å². The van der Waals surface area contributed by atoms with Gasteiger partial charge in [0.15, 0.2) is 4.80 Å². The molecule has 0 aromatic carbocycles. The van der Waals surface area contributed by atoms with Crippen molar-refractivity contribution in [3.05, 3.63) is 23.1 Å². The van der Waals surface area contributed by atoms with E-state index in [1.165, 1.54) is 50.8 Å². The average molecular weight is 395 g/mol. The number of aryl methyl sites for hydroxylation is 1. The highest BCUT2D eigenvalue weighted by molar-refractivity contribution is 7.15. The number of likely N-dealkylation sites (tertiary alicyclic amines) is 1. The van der Waals surface area contributed by atoms with E-state index in [1.54, 1.807) is 11.3 Å². The van der Waals surface area contributed by atoms with E-state index < -0.39 is 0 Å². The highest BCUT2D eigenvalue weighted by atomic mass is 35.5. The van der Waals surface area contributed by atoms with Gasteiger partial charge in [-0.3, -0.25) is 4.99 Å². The number of aromatic nitrogens is 2. The van der Waals surface area contributed by atoms with Crippen molar-refractivity contribution >= 4 is 46.5 Å². The fourth-order valence-electron chi connectivity index (χ4n) is 2.90. The lowest BCUT2D eigenvalue weighted by molar-refractivity contribution is 0.210. The van der Waals surface area contributed by atoms with Gasteiger partial charge >= 0.3 is 0 Å². The van der Waals surface area contributed by atoms with E-state index in [0.717, 1.165) is 9.63 Å². The smallest absolute Gasteiger partial charge is 0.187 e. The van der Waals surface area contributed by atoms with E-state index in [2.05, 4.69) is 34.5 Å². The zero-order valence-corrected chi connectivity index (χ0v) is 16.7. The van der Waals surface area contributed by atoms with Gasteiger partial charge in [-0.1, -0.05) is 24.7 Å². The lowest BCUT2D eigenvalue weighted by Crippen LogP contribution is -2.36. The van der Waals surface area contributed by atoms with Crippen LogP contribution >= 0.6 is 36.2 Å². The van der Waals surface area contributed by atoms with Crippen molar-refractivity contribution in [1.82, 2.24) is 14.5 Å². The summed E-state index contributed by atoms with van der Waals surface area (Å²) in [5.41, 5.74) is 1.18. The molecule has 2 aromatic heterocycles. The second-order valence-electron chi connectivity index (χ2n) is 5.83. The Kier molecular flexibility index (Phi) is 10.7. The Morgan fingerprint density at radius 2 is 2.00 bits per heavy atom. The number of hydrogen-bond donors (Lipinski definition) is 0. The van der Waals surface area contributed by atoms with E-state index in [9.17, 15) is 0 Å². The molecule has 1 fully saturated rings. The molecule has 5 nitrogen and oxygen atoms in total. The third-order valence-electron chi connectivity index (χ3n) is 4.27. The van der Waals surface area contributed by atoms with Gasteiger partial charge in [0.1, 0.15) is 4.83 Å². The van der Waals surface area contributed by atoms with Crippen molar-refractivity contribution in [3.63, 3.8) is 0 Å². The van der Waals surface area contributed by atoms with Gasteiger partial charge in [0.25, 0.3) is 0 Å². The number of hydrogen-bond acceptors (Lipinski definition) is 4. The first-order chi connectivity index (χ1) is 10.3. The third kappa shape index (κ3) is 5.43. The first-order valence-electron chi connectivity index (χ1n) is 7.94. The number of unbranched alkanes of at least 4 members (excludes halogenated alkanes) is 1. The fourth-order valence-corrected chi connectivity index (χ4v) is 3.93. The quantitative estimate of drug-likeness (QED) is 0.799. The van der Waals surface area contributed by atoms with Gasteiger partial charge < -0.3 is 14.9 Å². The van der Waals surface area contributed by atoms with Crippen LogP contribution in [0.1, 0.15) is 32.6 Å². The zero-order valence-electron chi connectivity index (χ0n) is 14.3. The molecule has 0 spiro atoms. The Hall–Kier alpha value is -0.660. The molecule has 2 N–H and O–H groups in total. The van der Waals surface area contributed by atoms with Crippen LogP contribution in [-0.2, 0) is 7.05 Å². The number of halogens is 2. The predicted molar refractivity (Wildman–Crippen MR) is 107 cm³/mol. The second kappa shape index (κ2) is 11.1. The molecule has 0 unspecified atom stereocenters. The first-order valence-corrected chi connectivity index (χ1v) is 8.76. The number of rotatable bonds is 4. The molecular formula is C16H28Cl2N4OS. The molecule has 0 aliphatic carbocycles. The molecular weight excluding hydrogens is 367 g/mol. The van der Waals surface area contributed by atoms with Gasteiger partial charge in [-0.25, -0.2) is 4.98 Å². The summed E-state index contributed by atoms with van der Waals surface area (Å²) < 4.78 is 2.18. The van der Waals surface area contributed by atoms with Gasteiger partial charge in [-0.15, -0.1) is 24.8 Å². The standard InChI is InChI=1S/C16H24N4S.2ClH.H2O/c1-3-4-10-20-11-7-13(8-12-20)18-16-19(2)14-6-5-9-17-15(14)21-16;;;/h5-6,9,13H,3-4,7-8,10-12H2,1-2H3;2*1H;1H2. The zero-order chi connectivity index (χ0) is 14.7. The normalized spacial score (nSPS) is 16.3. The minimum Gasteiger partial charge on any atom is -0.412 e. The Bertz CT molecular complexity index is 665. The van der Waals surface area contributed by atoms with Crippen LogP contribution < -0.4 is 4.80 Å². The molecule has 2 aromatic rings. The molecule has 1 aliphatic rings.